The normalized spacial score (nSPS) is 21.8. The van der Waals surface area contributed by atoms with Gasteiger partial charge in [-0.1, -0.05) is 25.4 Å². The molecule has 0 saturated heterocycles. The Kier molecular flexibility index (Phi) is 3.34. The highest BCUT2D eigenvalue weighted by Gasteiger charge is 2.45. The monoisotopic (exact) mass is 288 g/mol. The van der Waals surface area contributed by atoms with E-state index in [-0.39, 0.29) is 15.3 Å². The lowest BCUT2D eigenvalue weighted by Crippen LogP contribution is -2.27. The van der Waals surface area contributed by atoms with E-state index in [2.05, 4.69) is 18.6 Å². The first-order valence-electron chi connectivity index (χ1n) is 5.77. The van der Waals surface area contributed by atoms with E-state index in [1.807, 2.05) is 0 Å². The first-order valence-corrected chi connectivity index (χ1v) is 7.63. The van der Waals surface area contributed by atoms with Crippen molar-refractivity contribution in [1.29, 1.82) is 0 Å². The van der Waals surface area contributed by atoms with Gasteiger partial charge in [0.15, 0.2) is 0 Å². The van der Waals surface area contributed by atoms with Crippen molar-refractivity contribution in [3.05, 3.63) is 23.2 Å². The maximum absolute atomic E-state index is 12.1. The average molecular weight is 289 g/mol. The lowest BCUT2D eigenvalue weighted by atomic mass is 10.1. The Labute approximate surface area is 113 Å². The minimum absolute atomic E-state index is 0.0804. The van der Waals surface area contributed by atoms with Crippen LogP contribution in [0.4, 0.5) is 5.69 Å². The highest BCUT2D eigenvalue weighted by Crippen LogP contribution is 2.51. The summed E-state index contributed by atoms with van der Waals surface area (Å²) in [7, 11) is -3.55. The number of hydrogen-bond donors (Lipinski definition) is 2. The second kappa shape index (κ2) is 4.40. The van der Waals surface area contributed by atoms with Crippen molar-refractivity contribution in [2.45, 2.75) is 25.2 Å². The zero-order valence-corrected chi connectivity index (χ0v) is 12.0. The summed E-state index contributed by atoms with van der Waals surface area (Å²) in [6, 6.07) is 4.40. The number of anilines is 1. The second-order valence-electron chi connectivity index (χ2n) is 5.43. The van der Waals surface area contributed by atoms with Crippen LogP contribution in [-0.4, -0.2) is 15.0 Å². The predicted molar refractivity (Wildman–Crippen MR) is 72.9 cm³/mol. The summed E-state index contributed by atoms with van der Waals surface area (Å²) in [5.74, 6) is 0.403. The summed E-state index contributed by atoms with van der Waals surface area (Å²) in [6.45, 7) is 4.71. The third kappa shape index (κ3) is 2.79. The molecule has 18 heavy (non-hydrogen) atoms. The zero-order chi connectivity index (χ0) is 13.6. The molecule has 4 nitrogen and oxygen atoms in total. The third-order valence-corrected chi connectivity index (χ3v) is 5.39. The zero-order valence-electron chi connectivity index (χ0n) is 10.4. The fraction of sp³-hybridized carbons (Fsp3) is 0.500. The van der Waals surface area contributed by atoms with Crippen molar-refractivity contribution >= 4 is 27.3 Å². The second-order valence-corrected chi connectivity index (χ2v) is 7.57. The van der Waals surface area contributed by atoms with Crippen LogP contribution in [0.3, 0.4) is 0 Å². The summed E-state index contributed by atoms with van der Waals surface area (Å²) in [4.78, 5) is 0.0804. The van der Waals surface area contributed by atoms with Gasteiger partial charge in [0.1, 0.15) is 4.90 Å². The highest BCUT2D eigenvalue weighted by molar-refractivity contribution is 7.89. The van der Waals surface area contributed by atoms with Crippen LogP contribution in [0.25, 0.3) is 0 Å². The molecule has 0 radical (unpaired) electrons. The summed E-state index contributed by atoms with van der Waals surface area (Å²) in [5.41, 5.74) is 6.23. The summed E-state index contributed by atoms with van der Waals surface area (Å²) in [5, 5.41) is 0.151. The molecule has 1 aliphatic carbocycles. The molecule has 1 aromatic rings. The molecule has 0 aromatic heterocycles. The number of halogens is 1. The molecule has 0 bridgehead atoms. The van der Waals surface area contributed by atoms with Crippen LogP contribution >= 0.6 is 11.6 Å². The van der Waals surface area contributed by atoms with Gasteiger partial charge in [-0.05, 0) is 36.0 Å². The Balaban J connectivity index is 2.11. The fourth-order valence-corrected chi connectivity index (χ4v) is 3.58. The van der Waals surface area contributed by atoms with Crippen molar-refractivity contribution in [2.75, 3.05) is 12.3 Å². The molecule has 1 unspecified atom stereocenters. The van der Waals surface area contributed by atoms with Crippen LogP contribution in [0, 0.1) is 11.3 Å². The van der Waals surface area contributed by atoms with E-state index in [9.17, 15) is 8.42 Å². The van der Waals surface area contributed by atoms with Crippen LogP contribution in [0.1, 0.15) is 20.3 Å². The number of hydrogen-bond acceptors (Lipinski definition) is 3. The Morgan fingerprint density at radius 2 is 2.11 bits per heavy atom. The number of nitrogen functional groups attached to an aromatic ring is 1. The van der Waals surface area contributed by atoms with E-state index in [0.29, 0.717) is 18.2 Å². The van der Waals surface area contributed by atoms with Crippen LogP contribution < -0.4 is 10.5 Å². The Morgan fingerprint density at radius 1 is 1.50 bits per heavy atom. The molecule has 0 aliphatic heterocycles. The minimum Gasteiger partial charge on any atom is -0.399 e. The van der Waals surface area contributed by atoms with Crippen molar-refractivity contribution in [3.63, 3.8) is 0 Å². The van der Waals surface area contributed by atoms with Crippen LogP contribution in [0.5, 0.6) is 0 Å². The van der Waals surface area contributed by atoms with E-state index in [1.165, 1.54) is 18.2 Å². The first-order chi connectivity index (χ1) is 8.22. The Bertz CT molecular complexity index is 569. The largest absolute Gasteiger partial charge is 0.399 e. The molecule has 1 aliphatic rings. The van der Waals surface area contributed by atoms with Crippen molar-refractivity contribution in [2.24, 2.45) is 11.3 Å². The number of rotatable bonds is 4. The van der Waals surface area contributed by atoms with Gasteiger partial charge in [-0.2, -0.15) is 0 Å². The number of nitrogens with one attached hydrogen (secondary N) is 1. The number of benzene rings is 1. The van der Waals surface area contributed by atoms with Crippen LogP contribution in [0.15, 0.2) is 23.1 Å². The third-order valence-electron chi connectivity index (χ3n) is 3.48. The van der Waals surface area contributed by atoms with E-state index < -0.39 is 10.0 Å². The molecule has 1 saturated carbocycles. The molecule has 1 aromatic carbocycles. The van der Waals surface area contributed by atoms with Gasteiger partial charge in [-0.25, -0.2) is 13.1 Å². The Hall–Kier alpha value is -0.780. The smallest absolute Gasteiger partial charge is 0.242 e. The van der Waals surface area contributed by atoms with Gasteiger partial charge in [0, 0.05) is 12.2 Å². The summed E-state index contributed by atoms with van der Waals surface area (Å²) >= 11 is 5.90. The van der Waals surface area contributed by atoms with E-state index in [4.69, 9.17) is 17.3 Å². The van der Waals surface area contributed by atoms with Crippen molar-refractivity contribution in [3.8, 4) is 0 Å². The molecule has 6 heteroatoms. The van der Waals surface area contributed by atoms with Crippen LogP contribution in [-0.2, 0) is 10.0 Å². The Morgan fingerprint density at radius 3 is 2.61 bits per heavy atom. The van der Waals surface area contributed by atoms with E-state index in [1.54, 1.807) is 0 Å². The van der Waals surface area contributed by atoms with Crippen LogP contribution in [0.2, 0.25) is 5.02 Å². The van der Waals surface area contributed by atoms with E-state index >= 15 is 0 Å². The molecule has 0 amide bonds. The molecule has 1 atom stereocenters. The molecule has 100 valence electrons. The highest BCUT2D eigenvalue weighted by atomic mass is 35.5. The molecular weight excluding hydrogens is 272 g/mol. The molecule has 3 N–H and O–H groups in total. The van der Waals surface area contributed by atoms with Gasteiger partial charge in [-0.3, -0.25) is 0 Å². The average Bonchev–Trinajstić information content (AvgIpc) is 2.83. The summed E-state index contributed by atoms with van der Waals surface area (Å²) in [6.07, 6.45) is 1.05. The predicted octanol–water partition coefficient (Wildman–Crippen LogP) is 2.25. The van der Waals surface area contributed by atoms with E-state index in [0.717, 1.165) is 6.42 Å². The van der Waals surface area contributed by atoms with Crippen molar-refractivity contribution < 1.29 is 8.42 Å². The standard InChI is InChI=1S/C12H17ClN2O2S/c1-12(2)6-8(12)7-15-18(16,17)11-4-3-9(14)5-10(11)13/h3-5,8,15H,6-7,14H2,1-2H3. The van der Waals surface area contributed by atoms with Gasteiger partial charge >= 0.3 is 0 Å². The number of sulfonamides is 1. The van der Waals surface area contributed by atoms with Gasteiger partial charge in [0.2, 0.25) is 10.0 Å². The van der Waals surface area contributed by atoms with Gasteiger partial charge in [-0.15, -0.1) is 0 Å². The maximum Gasteiger partial charge on any atom is 0.242 e. The maximum atomic E-state index is 12.1. The molecule has 0 heterocycles. The lowest BCUT2D eigenvalue weighted by Gasteiger charge is -2.09. The first kappa shape index (κ1) is 13.6. The molecule has 1 fully saturated rings. The molecule has 2 rings (SSSR count). The van der Waals surface area contributed by atoms with Gasteiger partial charge < -0.3 is 5.73 Å². The fourth-order valence-electron chi connectivity index (χ4n) is 1.95. The van der Waals surface area contributed by atoms with Gasteiger partial charge in [0.25, 0.3) is 0 Å². The van der Waals surface area contributed by atoms with Gasteiger partial charge in [0.05, 0.1) is 5.02 Å². The minimum atomic E-state index is -3.55. The number of nitrogens with two attached hydrogens (primary N) is 1. The lowest BCUT2D eigenvalue weighted by molar-refractivity contribution is 0.537. The van der Waals surface area contributed by atoms with Crippen molar-refractivity contribution in [1.82, 2.24) is 4.72 Å². The SMILES string of the molecule is CC1(C)CC1CNS(=O)(=O)c1ccc(N)cc1Cl. The quantitative estimate of drug-likeness (QED) is 0.835. The topological polar surface area (TPSA) is 72.2 Å². The molecular formula is C12H17ClN2O2S. The molecule has 0 spiro atoms. The summed E-state index contributed by atoms with van der Waals surface area (Å²) < 4.78 is 26.7.